The first-order valence-electron chi connectivity index (χ1n) is 4.54. The van der Waals surface area contributed by atoms with Gasteiger partial charge in [-0.15, -0.1) is 0 Å². The van der Waals surface area contributed by atoms with E-state index in [4.69, 9.17) is 9.52 Å². The second-order valence-electron chi connectivity index (χ2n) is 3.26. The first kappa shape index (κ1) is 9.58. The minimum Gasteiger partial charge on any atom is -0.474 e. The highest BCUT2D eigenvalue weighted by atomic mass is 32.2. The topological polar surface area (TPSA) is 63.3 Å². The summed E-state index contributed by atoms with van der Waals surface area (Å²) in [6.45, 7) is 0. The zero-order valence-corrected chi connectivity index (χ0v) is 8.42. The molecule has 2 rings (SSSR count). The van der Waals surface area contributed by atoms with Crippen molar-refractivity contribution in [3.8, 4) is 0 Å². The molecule has 0 radical (unpaired) electrons. The number of hydrogen-bond acceptors (Lipinski definition) is 4. The van der Waals surface area contributed by atoms with Crippen molar-refractivity contribution in [2.75, 3.05) is 11.5 Å². The molecule has 1 aromatic heterocycles. The molecule has 76 valence electrons. The number of carbonyl (C=O) groups is 1. The zero-order valence-electron chi connectivity index (χ0n) is 7.60. The maximum Gasteiger partial charge on any atom is 0.392 e. The molecule has 1 N–H and O–H groups in total. The summed E-state index contributed by atoms with van der Waals surface area (Å²) < 4.78 is 5.16. The van der Waals surface area contributed by atoms with Gasteiger partial charge in [0.2, 0.25) is 0 Å². The fraction of sp³-hybridized carbons (Fsp3) is 0.556. The van der Waals surface area contributed by atoms with Crippen LogP contribution in [0.15, 0.2) is 10.6 Å². The Morgan fingerprint density at radius 3 is 2.86 bits per heavy atom. The van der Waals surface area contributed by atoms with E-state index in [0.29, 0.717) is 5.92 Å². The second kappa shape index (κ2) is 4.04. The Kier molecular flexibility index (Phi) is 2.77. The number of carboxylic acid groups (broad SMARTS) is 1. The molecule has 0 saturated carbocycles. The lowest BCUT2D eigenvalue weighted by Gasteiger charge is -2.18. The largest absolute Gasteiger partial charge is 0.474 e. The Hall–Kier alpha value is -0.970. The van der Waals surface area contributed by atoms with Crippen molar-refractivity contribution in [1.29, 1.82) is 0 Å². The first-order valence-corrected chi connectivity index (χ1v) is 5.69. The molecule has 0 atom stereocenters. The van der Waals surface area contributed by atoms with Crippen LogP contribution >= 0.6 is 11.8 Å². The molecule has 0 amide bonds. The summed E-state index contributed by atoms with van der Waals surface area (Å²) >= 11 is 1.93. The Morgan fingerprint density at radius 2 is 2.29 bits per heavy atom. The molecule has 0 spiro atoms. The lowest BCUT2D eigenvalue weighted by molar-refractivity contribution is 0.0651. The molecule has 0 unspecified atom stereocenters. The highest BCUT2D eigenvalue weighted by Crippen LogP contribution is 2.31. The van der Waals surface area contributed by atoms with Crippen molar-refractivity contribution in [1.82, 2.24) is 4.98 Å². The van der Waals surface area contributed by atoms with E-state index in [1.807, 2.05) is 11.8 Å². The predicted octanol–water partition coefficient (Wildman–Crippen LogP) is 1.98. The van der Waals surface area contributed by atoms with Gasteiger partial charge in [0, 0.05) is 5.92 Å². The van der Waals surface area contributed by atoms with Gasteiger partial charge in [-0.1, -0.05) is 0 Å². The van der Waals surface area contributed by atoms with E-state index in [9.17, 15) is 4.79 Å². The predicted molar refractivity (Wildman–Crippen MR) is 52.8 cm³/mol. The molecule has 0 bridgehead atoms. The van der Waals surface area contributed by atoms with Crippen LogP contribution in [0.1, 0.15) is 35.2 Å². The first-order chi connectivity index (χ1) is 6.77. The van der Waals surface area contributed by atoms with Crippen LogP contribution in [-0.2, 0) is 0 Å². The monoisotopic (exact) mass is 213 g/mol. The number of aromatic nitrogens is 1. The van der Waals surface area contributed by atoms with Crippen LogP contribution in [-0.4, -0.2) is 27.6 Å². The van der Waals surface area contributed by atoms with Gasteiger partial charge >= 0.3 is 11.9 Å². The van der Waals surface area contributed by atoms with E-state index >= 15 is 0 Å². The Morgan fingerprint density at radius 1 is 1.57 bits per heavy atom. The van der Waals surface area contributed by atoms with Crippen LogP contribution in [0.25, 0.3) is 0 Å². The van der Waals surface area contributed by atoms with E-state index in [2.05, 4.69) is 4.98 Å². The molecule has 5 heteroatoms. The van der Waals surface area contributed by atoms with E-state index in [-0.39, 0.29) is 5.89 Å². The number of thioether (sulfide) groups is 1. The minimum atomic E-state index is -1.10. The van der Waals surface area contributed by atoms with Gasteiger partial charge < -0.3 is 9.52 Å². The molecular weight excluding hydrogens is 202 g/mol. The molecule has 1 saturated heterocycles. The van der Waals surface area contributed by atoms with E-state index in [0.717, 1.165) is 30.1 Å². The van der Waals surface area contributed by atoms with Crippen molar-refractivity contribution < 1.29 is 14.3 Å². The fourth-order valence-electron chi connectivity index (χ4n) is 1.56. The maximum absolute atomic E-state index is 10.5. The summed E-state index contributed by atoms with van der Waals surface area (Å²) in [5.74, 6) is 2.03. The van der Waals surface area contributed by atoms with Crippen LogP contribution in [0, 0.1) is 0 Å². The Labute approximate surface area is 85.7 Å². The molecular formula is C9H11NO3S. The second-order valence-corrected chi connectivity index (χ2v) is 4.48. The van der Waals surface area contributed by atoms with E-state index < -0.39 is 5.97 Å². The van der Waals surface area contributed by atoms with Crippen molar-refractivity contribution in [3.63, 3.8) is 0 Å². The summed E-state index contributed by atoms with van der Waals surface area (Å²) in [6.07, 6.45) is 3.65. The van der Waals surface area contributed by atoms with Gasteiger partial charge in [-0.05, 0) is 24.3 Å². The standard InChI is InChI=1S/C9H11NO3S/c11-9(12)8-10-5-7(13-8)6-1-3-14-4-2-6/h5-6H,1-4H2,(H,11,12). The number of rotatable bonds is 2. The SMILES string of the molecule is O=C(O)c1ncc(C2CCSCC2)o1. The average molecular weight is 213 g/mol. The lowest BCUT2D eigenvalue weighted by Crippen LogP contribution is -2.06. The van der Waals surface area contributed by atoms with Crippen LogP contribution in [0.5, 0.6) is 0 Å². The Balaban J connectivity index is 2.11. The van der Waals surface area contributed by atoms with Crippen LogP contribution in [0.4, 0.5) is 0 Å². The van der Waals surface area contributed by atoms with Crippen molar-refractivity contribution in [2.24, 2.45) is 0 Å². The molecule has 0 aliphatic carbocycles. The third-order valence-electron chi connectivity index (χ3n) is 2.33. The van der Waals surface area contributed by atoms with Crippen molar-refractivity contribution in [2.45, 2.75) is 18.8 Å². The molecule has 0 aromatic carbocycles. The smallest absolute Gasteiger partial charge is 0.392 e. The Bertz CT molecular complexity index is 331. The third-order valence-corrected chi connectivity index (χ3v) is 3.38. The molecule has 1 fully saturated rings. The van der Waals surface area contributed by atoms with Crippen LogP contribution in [0.3, 0.4) is 0 Å². The summed E-state index contributed by atoms with van der Waals surface area (Å²) in [6, 6.07) is 0. The molecule has 1 aliphatic heterocycles. The van der Waals surface area contributed by atoms with E-state index in [1.165, 1.54) is 0 Å². The normalized spacial score (nSPS) is 18.3. The minimum absolute atomic E-state index is 0.196. The van der Waals surface area contributed by atoms with Gasteiger partial charge in [-0.25, -0.2) is 9.78 Å². The number of carboxylic acids is 1. The van der Waals surface area contributed by atoms with Gasteiger partial charge in [-0.3, -0.25) is 0 Å². The van der Waals surface area contributed by atoms with Gasteiger partial charge in [0.05, 0.1) is 6.20 Å². The van der Waals surface area contributed by atoms with Crippen LogP contribution in [0.2, 0.25) is 0 Å². The van der Waals surface area contributed by atoms with Gasteiger partial charge in [0.25, 0.3) is 0 Å². The average Bonchev–Trinajstić information content (AvgIpc) is 2.68. The zero-order chi connectivity index (χ0) is 9.97. The number of hydrogen-bond donors (Lipinski definition) is 1. The van der Waals surface area contributed by atoms with E-state index in [1.54, 1.807) is 6.20 Å². The molecule has 1 aliphatic rings. The lowest BCUT2D eigenvalue weighted by atomic mass is 10.0. The fourth-order valence-corrected chi connectivity index (χ4v) is 2.66. The number of aromatic carboxylic acids is 1. The number of oxazole rings is 1. The summed E-state index contributed by atoms with van der Waals surface area (Å²) in [5, 5.41) is 8.64. The van der Waals surface area contributed by atoms with Crippen LogP contribution < -0.4 is 0 Å². The molecule has 2 heterocycles. The summed E-state index contributed by atoms with van der Waals surface area (Å²) in [7, 11) is 0. The summed E-state index contributed by atoms with van der Waals surface area (Å²) in [5.41, 5.74) is 0. The maximum atomic E-state index is 10.5. The van der Waals surface area contributed by atoms with Gasteiger partial charge in [0.1, 0.15) is 5.76 Å². The molecule has 4 nitrogen and oxygen atoms in total. The number of nitrogens with zero attached hydrogens (tertiary/aromatic N) is 1. The third kappa shape index (κ3) is 1.92. The molecule has 1 aromatic rings. The quantitative estimate of drug-likeness (QED) is 0.813. The highest BCUT2D eigenvalue weighted by molar-refractivity contribution is 7.99. The van der Waals surface area contributed by atoms with Crippen molar-refractivity contribution >= 4 is 17.7 Å². The summed E-state index contributed by atoms with van der Waals surface area (Å²) in [4.78, 5) is 14.3. The molecule has 14 heavy (non-hydrogen) atoms. The van der Waals surface area contributed by atoms with Gasteiger partial charge in [-0.2, -0.15) is 11.8 Å². The van der Waals surface area contributed by atoms with Gasteiger partial charge in [0.15, 0.2) is 0 Å². The van der Waals surface area contributed by atoms with Crippen molar-refractivity contribution in [3.05, 3.63) is 17.8 Å². The highest BCUT2D eigenvalue weighted by Gasteiger charge is 2.21.